The number of sulfonamides is 1. The fraction of sp³-hybridized carbons (Fsp3) is 0.350. The first-order valence-electron chi connectivity index (χ1n) is 9.17. The molecular weight excluding hydrogens is 451 g/mol. The van der Waals surface area contributed by atoms with Crippen LogP contribution in [-0.4, -0.2) is 41.1 Å². The highest BCUT2D eigenvalue weighted by molar-refractivity contribution is 7.89. The molecule has 0 aliphatic carbocycles. The normalized spacial score (nSPS) is 11.4. The van der Waals surface area contributed by atoms with Gasteiger partial charge in [-0.2, -0.15) is 0 Å². The van der Waals surface area contributed by atoms with Crippen molar-refractivity contribution in [3.05, 3.63) is 52.0 Å². The molecule has 10 heteroatoms. The molecule has 30 heavy (non-hydrogen) atoms. The van der Waals surface area contributed by atoms with Crippen molar-refractivity contribution in [3.63, 3.8) is 0 Å². The SMILES string of the molecule is COc1cc(C(=O)NCCNS(=O)(=O)c2cccc(Cl)c2)cc(Cl)c1OCC(C)C. The number of hydrogen-bond acceptors (Lipinski definition) is 5. The van der Waals surface area contributed by atoms with Gasteiger partial charge in [0.2, 0.25) is 10.0 Å². The number of nitrogens with one attached hydrogen (secondary N) is 2. The van der Waals surface area contributed by atoms with E-state index < -0.39 is 15.9 Å². The van der Waals surface area contributed by atoms with Gasteiger partial charge < -0.3 is 14.8 Å². The van der Waals surface area contributed by atoms with Gasteiger partial charge in [-0.15, -0.1) is 0 Å². The molecule has 0 saturated carbocycles. The summed E-state index contributed by atoms with van der Waals surface area (Å²) in [6.45, 7) is 4.53. The smallest absolute Gasteiger partial charge is 0.251 e. The number of ether oxygens (including phenoxy) is 2. The minimum absolute atomic E-state index is 0.00103. The Kier molecular flexibility index (Phi) is 8.78. The molecule has 0 radical (unpaired) electrons. The molecule has 2 N–H and O–H groups in total. The third-order valence-corrected chi connectivity index (χ3v) is 5.84. The van der Waals surface area contributed by atoms with Crippen LogP contribution in [0.5, 0.6) is 11.5 Å². The molecule has 0 bridgehead atoms. The predicted molar refractivity (Wildman–Crippen MR) is 117 cm³/mol. The molecule has 1 amide bonds. The average molecular weight is 475 g/mol. The van der Waals surface area contributed by atoms with E-state index in [1.165, 1.54) is 31.4 Å². The summed E-state index contributed by atoms with van der Waals surface area (Å²) in [5, 5.41) is 3.20. The highest BCUT2D eigenvalue weighted by Crippen LogP contribution is 2.36. The van der Waals surface area contributed by atoms with Gasteiger partial charge in [0.1, 0.15) is 0 Å². The predicted octanol–water partition coefficient (Wildman–Crippen LogP) is 3.75. The average Bonchev–Trinajstić information content (AvgIpc) is 2.69. The molecule has 0 aliphatic rings. The van der Waals surface area contributed by atoms with E-state index >= 15 is 0 Å². The summed E-state index contributed by atoms with van der Waals surface area (Å²) in [7, 11) is -2.27. The van der Waals surface area contributed by atoms with Crippen molar-refractivity contribution in [3.8, 4) is 11.5 Å². The lowest BCUT2D eigenvalue weighted by molar-refractivity contribution is 0.0954. The van der Waals surface area contributed by atoms with E-state index in [1.54, 1.807) is 12.1 Å². The van der Waals surface area contributed by atoms with Crippen molar-refractivity contribution < 1.29 is 22.7 Å². The molecule has 2 rings (SSSR count). The van der Waals surface area contributed by atoms with E-state index in [2.05, 4.69) is 10.0 Å². The number of carbonyl (C=O) groups excluding carboxylic acids is 1. The Hall–Kier alpha value is -2.00. The van der Waals surface area contributed by atoms with Crippen LogP contribution in [0.15, 0.2) is 41.3 Å². The Balaban J connectivity index is 1.97. The van der Waals surface area contributed by atoms with Gasteiger partial charge in [-0.25, -0.2) is 13.1 Å². The van der Waals surface area contributed by atoms with Crippen LogP contribution in [-0.2, 0) is 10.0 Å². The molecule has 2 aromatic carbocycles. The van der Waals surface area contributed by atoms with Gasteiger partial charge in [0.15, 0.2) is 11.5 Å². The van der Waals surface area contributed by atoms with Crippen LogP contribution in [0, 0.1) is 5.92 Å². The first-order valence-corrected chi connectivity index (χ1v) is 11.4. The summed E-state index contributed by atoms with van der Waals surface area (Å²) in [5.41, 5.74) is 0.270. The zero-order valence-corrected chi connectivity index (χ0v) is 19.2. The number of methoxy groups -OCH3 is 1. The molecule has 0 saturated heterocycles. The molecule has 2 aromatic rings. The van der Waals surface area contributed by atoms with Crippen molar-refractivity contribution in [2.45, 2.75) is 18.7 Å². The first kappa shape index (κ1) is 24.3. The second kappa shape index (κ2) is 10.9. The van der Waals surface area contributed by atoms with Crippen LogP contribution in [0.1, 0.15) is 24.2 Å². The van der Waals surface area contributed by atoms with Gasteiger partial charge in [0.25, 0.3) is 5.91 Å². The summed E-state index contributed by atoms with van der Waals surface area (Å²) >= 11 is 12.1. The minimum Gasteiger partial charge on any atom is -0.493 e. The number of benzene rings is 2. The molecular formula is C20H24Cl2N2O5S. The molecule has 164 valence electrons. The largest absolute Gasteiger partial charge is 0.493 e. The standard InChI is InChI=1S/C20H24Cl2N2O5S/c1-13(2)12-29-19-17(22)9-14(10-18(19)28-3)20(25)23-7-8-24-30(26,27)16-6-4-5-15(21)11-16/h4-6,9-11,13,24H,7-8,12H2,1-3H3,(H,23,25). The lowest BCUT2D eigenvalue weighted by Crippen LogP contribution is -2.34. The molecule has 0 atom stereocenters. The van der Waals surface area contributed by atoms with E-state index in [0.29, 0.717) is 29.0 Å². The molecule has 0 aliphatic heterocycles. The molecule has 0 unspecified atom stereocenters. The summed E-state index contributed by atoms with van der Waals surface area (Å²) in [6, 6.07) is 8.91. The first-order chi connectivity index (χ1) is 14.1. The Morgan fingerprint density at radius 2 is 1.87 bits per heavy atom. The Labute approximate surface area is 186 Å². The van der Waals surface area contributed by atoms with Crippen LogP contribution < -0.4 is 19.5 Å². The van der Waals surface area contributed by atoms with Crippen molar-refractivity contribution >= 4 is 39.1 Å². The van der Waals surface area contributed by atoms with E-state index in [0.717, 1.165) is 0 Å². The highest BCUT2D eigenvalue weighted by Gasteiger charge is 2.17. The Morgan fingerprint density at radius 1 is 1.13 bits per heavy atom. The van der Waals surface area contributed by atoms with Crippen molar-refractivity contribution in [1.29, 1.82) is 0 Å². The van der Waals surface area contributed by atoms with Gasteiger partial charge in [0.05, 0.1) is 23.6 Å². The summed E-state index contributed by atoms with van der Waals surface area (Å²) in [6.07, 6.45) is 0. The van der Waals surface area contributed by atoms with Crippen LogP contribution >= 0.6 is 23.2 Å². The zero-order chi connectivity index (χ0) is 22.3. The Bertz CT molecular complexity index is 997. The van der Waals surface area contributed by atoms with Gasteiger partial charge in [0, 0.05) is 23.7 Å². The zero-order valence-electron chi connectivity index (χ0n) is 16.9. The maximum absolute atomic E-state index is 12.4. The lowest BCUT2D eigenvalue weighted by atomic mass is 10.2. The molecule has 7 nitrogen and oxygen atoms in total. The van der Waals surface area contributed by atoms with E-state index in [1.807, 2.05) is 13.8 Å². The minimum atomic E-state index is -3.73. The fourth-order valence-electron chi connectivity index (χ4n) is 2.42. The number of halogens is 2. The van der Waals surface area contributed by atoms with Gasteiger partial charge in [-0.05, 0) is 36.2 Å². The maximum atomic E-state index is 12.4. The molecule has 0 aromatic heterocycles. The van der Waals surface area contributed by atoms with Crippen molar-refractivity contribution in [1.82, 2.24) is 10.0 Å². The van der Waals surface area contributed by atoms with E-state index in [9.17, 15) is 13.2 Å². The van der Waals surface area contributed by atoms with E-state index in [-0.39, 0.29) is 28.6 Å². The van der Waals surface area contributed by atoms with Crippen LogP contribution in [0.25, 0.3) is 0 Å². The fourth-order valence-corrected chi connectivity index (χ4v) is 4.02. The lowest BCUT2D eigenvalue weighted by Gasteiger charge is -2.15. The van der Waals surface area contributed by atoms with Crippen molar-refractivity contribution in [2.75, 3.05) is 26.8 Å². The third kappa shape index (κ3) is 6.77. The van der Waals surface area contributed by atoms with E-state index in [4.69, 9.17) is 32.7 Å². The summed E-state index contributed by atoms with van der Waals surface area (Å²) in [5.74, 6) is 0.589. The third-order valence-electron chi connectivity index (χ3n) is 3.86. The monoisotopic (exact) mass is 474 g/mol. The topological polar surface area (TPSA) is 93.7 Å². The molecule has 0 spiro atoms. The van der Waals surface area contributed by atoms with Gasteiger partial charge in [-0.1, -0.05) is 43.1 Å². The Morgan fingerprint density at radius 3 is 2.50 bits per heavy atom. The highest BCUT2D eigenvalue weighted by atomic mass is 35.5. The maximum Gasteiger partial charge on any atom is 0.251 e. The van der Waals surface area contributed by atoms with Crippen LogP contribution in [0.3, 0.4) is 0 Å². The number of carbonyl (C=O) groups is 1. The van der Waals surface area contributed by atoms with Crippen LogP contribution in [0.4, 0.5) is 0 Å². The second-order valence-corrected chi connectivity index (χ2v) is 9.42. The summed E-state index contributed by atoms with van der Waals surface area (Å²) in [4.78, 5) is 12.5. The molecule has 0 fully saturated rings. The van der Waals surface area contributed by atoms with Gasteiger partial charge >= 0.3 is 0 Å². The second-order valence-electron chi connectivity index (χ2n) is 6.81. The quantitative estimate of drug-likeness (QED) is 0.511. The summed E-state index contributed by atoms with van der Waals surface area (Å²) < 4.78 is 37.8. The number of rotatable bonds is 10. The molecule has 0 heterocycles. The number of hydrogen-bond donors (Lipinski definition) is 2. The van der Waals surface area contributed by atoms with Crippen LogP contribution in [0.2, 0.25) is 10.0 Å². The van der Waals surface area contributed by atoms with Gasteiger partial charge in [-0.3, -0.25) is 4.79 Å². The van der Waals surface area contributed by atoms with Crippen molar-refractivity contribution in [2.24, 2.45) is 5.92 Å². The number of amides is 1.